The summed E-state index contributed by atoms with van der Waals surface area (Å²) in [6, 6.07) is 0. The van der Waals surface area contributed by atoms with Crippen LogP contribution in [0.15, 0.2) is 0 Å². The summed E-state index contributed by atoms with van der Waals surface area (Å²) in [5.74, 6) is 1.03. The smallest absolute Gasteiger partial charge is 0.306 e. The van der Waals surface area contributed by atoms with E-state index in [9.17, 15) is 4.79 Å². The van der Waals surface area contributed by atoms with E-state index in [-0.39, 0.29) is 5.92 Å². The van der Waals surface area contributed by atoms with Crippen LogP contribution in [-0.4, -0.2) is 23.8 Å². The third-order valence-electron chi connectivity index (χ3n) is 5.53. The molecule has 0 heterocycles. The van der Waals surface area contributed by atoms with Gasteiger partial charge in [0.1, 0.15) is 0 Å². The molecule has 2 fully saturated rings. The van der Waals surface area contributed by atoms with Gasteiger partial charge in [-0.1, -0.05) is 19.8 Å². The summed E-state index contributed by atoms with van der Waals surface area (Å²) in [6.45, 7) is 3.09. The number of carboxylic acid groups (broad SMARTS) is 1. The molecule has 3 heteroatoms. The lowest BCUT2D eigenvalue weighted by Gasteiger charge is -2.31. The summed E-state index contributed by atoms with van der Waals surface area (Å²) >= 11 is 0. The molecule has 0 bridgehead atoms. The van der Waals surface area contributed by atoms with Crippen LogP contribution in [0.2, 0.25) is 0 Å². The van der Waals surface area contributed by atoms with E-state index in [4.69, 9.17) is 9.84 Å². The second-order valence-corrected chi connectivity index (χ2v) is 7.15. The van der Waals surface area contributed by atoms with Gasteiger partial charge in [-0.05, 0) is 69.6 Å². The monoisotopic (exact) mass is 296 g/mol. The summed E-state index contributed by atoms with van der Waals surface area (Å²) in [5.41, 5.74) is 0. The van der Waals surface area contributed by atoms with Crippen molar-refractivity contribution in [1.29, 1.82) is 0 Å². The molecule has 2 rings (SSSR count). The fraction of sp³-hybridized carbons (Fsp3) is 0.944. The number of rotatable bonds is 7. The minimum absolute atomic E-state index is 0.0626. The van der Waals surface area contributed by atoms with Crippen LogP contribution >= 0.6 is 0 Å². The topological polar surface area (TPSA) is 46.5 Å². The normalized spacial score (nSPS) is 33.8. The molecule has 2 aliphatic carbocycles. The van der Waals surface area contributed by atoms with Crippen molar-refractivity contribution in [2.24, 2.45) is 17.8 Å². The van der Waals surface area contributed by atoms with Crippen molar-refractivity contribution < 1.29 is 14.6 Å². The second kappa shape index (κ2) is 8.77. The first-order valence-electron chi connectivity index (χ1n) is 9.03. The van der Waals surface area contributed by atoms with Crippen LogP contribution in [0.4, 0.5) is 0 Å². The fourth-order valence-corrected chi connectivity index (χ4v) is 4.04. The van der Waals surface area contributed by atoms with Crippen LogP contribution in [0, 0.1) is 17.8 Å². The molecule has 1 N–H and O–H groups in total. The van der Waals surface area contributed by atoms with Gasteiger partial charge in [0.2, 0.25) is 0 Å². The van der Waals surface area contributed by atoms with Crippen LogP contribution < -0.4 is 0 Å². The number of hydrogen-bond donors (Lipinski definition) is 1. The molecule has 0 aromatic heterocycles. The molecule has 0 aromatic carbocycles. The van der Waals surface area contributed by atoms with Gasteiger partial charge >= 0.3 is 5.97 Å². The van der Waals surface area contributed by atoms with Crippen LogP contribution in [-0.2, 0) is 9.53 Å². The van der Waals surface area contributed by atoms with E-state index in [2.05, 4.69) is 6.92 Å². The van der Waals surface area contributed by atoms with Gasteiger partial charge in [-0.15, -0.1) is 0 Å². The van der Waals surface area contributed by atoms with Gasteiger partial charge in [0.05, 0.1) is 12.0 Å². The van der Waals surface area contributed by atoms with Gasteiger partial charge in [-0.2, -0.15) is 0 Å². The van der Waals surface area contributed by atoms with E-state index >= 15 is 0 Å². The predicted octanol–water partition coefficient (Wildman–Crippen LogP) is 4.64. The molecule has 21 heavy (non-hydrogen) atoms. The van der Waals surface area contributed by atoms with Crippen molar-refractivity contribution in [3.05, 3.63) is 0 Å². The Bertz CT molecular complexity index is 300. The van der Waals surface area contributed by atoms with E-state index in [1.807, 2.05) is 0 Å². The second-order valence-electron chi connectivity index (χ2n) is 7.15. The maximum atomic E-state index is 11.0. The lowest BCUT2D eigenvalue weighted by atomic mass is 9.77. The highest BCUT2D eigenvalue weighted by molar-refractivity contribution is 5.69. The van der Waals surface area contributed by atoms with Gasteiger partial charge in [0.15, 0.2) is 0 Å². The Morgan fingerprint density at radius 2 is 1.48 bits per heavy atom. The average molecular weight is 296 g/mol. The zero-order valence-corrected chi connectivity index (χ0v) is 13.6. The zero-order valence-electron chi connectivity index (χ0n) is 13.6. The molecular weight excluding hydrogens is 264 g/mol. The third-order valence-corrected chi connectivity index (χ3v) is 5.53. The lowest BCUT2D eigenvalue weighted by molar-refractivity contribution is -0.143. The molecule has 0 radical (unpaired) electrons. The van der Waals surface area contributed by atoms with Gasteiger partial charge < -0.3 is 9.84 Å². The van der Waals surface area contributed by atoms with E-state index in [1.165, 1.54) is 38.5 Å². The minimum atomic E-state index is -0.584. The molecule has 2 saturated carbocycles. The van der Waals surface area contributed by atoms with Crippen LogP contribution in [0.1, 0.15) is 77.6 Å². The average Bonchev–Trinajstić information content (AvgIpc) is 2.52. The van der Waals surface area contributed by atoms with Crippen molar-refractivity contribution in [3.8, 4) is 0 Å². The number of carbonyl (C=O) groups is 1. The maximum Gasteiger partial charge on any atom is 0.306 e. The largest absolute Gasteiger partial charge is 0.481 e. The highest BCUT2D eigenvalue weighted by Gasteiger charge is 2.27. The van der Waals surface area contributed by atoms with Crippen molar-refractivity contribution in [1.82, 2.24) is 0 Å². The maximum absolute atomic E-state index is 11.0. The Morgan fingerprint density at radius 3 is 1.95 bits per heavy atom. The van der Waals surface area contributed by atoms with Crippen LogP contribution in [0.5, 0.6) is 0 Å². The Balaban J connectivity index is 1.57. The van der Waals surface area contributed by atoms with Crippen LogP contribution in [0.25, 0.3) is 0 Å². The standard InChI is InChI=1S/C18H32O3/c1-2-13-21-17-11-7-15(8-12-17)4-3-14-5-9-16(10-6-14)18(19)20/h14-17H,2-13H2,1H3,(H,19,20). The molecular formula is C18H32O3. The van der Waals surface area contributed by atoms with E-state index in [0.29, 0.717) is 6.10 Å². The molecule has 2 aliphatic rings. The zero-order chi connectivity index (χ0) is 15.1. The molecule has 0 aliphatic heterocycles. The number of ether oxygens (including phenoxy) is 1. The van der Waals surface area contributed by atoms with Crippen molar-refractivity contribution >= 4 is 5.97 Å². The predicted molar refractivity (Wildman–Crippen MR) is 84.3 cm³/mol. The molecule has 0 spiro atoms. The van der Waals surface area contributed by atoms with Gasteiger partial charge in [0.25, 0.3) is 0 Å². The van der Waals surface area contributed by atoms with Crippen molar-refractivity contribution in [2.45, 2.75) is 83.7 Å². The fourth-order valence-electron chi connectivity index (χ4n) is 4.04. The number of hydrogen-bond acceptors (Lipinski definition) is 2. The SMILES string of the molecule is CCCOC1CCC(CCC2CCC(C(=O)O)CC2)CC1. The first-order valence-corrected chi connectivity index (χ1v) is 9.03. The summed E-state index contributed by atoms with van der Waals surface area (Å²) in [5, 5.41) is 9.03. The lowest BCUT2D eigenvalue weighted by Crippen LogP contribution is -2.24. The van der Waals surface area contributed by atoms with Gasteiger partial charge in [0, 0.05) is 6.61 Å². The van der Waals surface area contributed by atoms with Gasteiger partial charge in [-0.25, -0.2) is 0 Å². The minimum Gasteiger partial charge on any atom is -0.481 e. The van der Waals surface area contributed by atoms with E-state index in [0.717, 1.165) is 50.5 Å². The summed E-state index contributed by atoms with van der Waals surface area (Å²) in [7, 11) is 0. The first kappa shape index (κ1) is 16.8. The van der Waals surface area contributed by atoms with Gasteiger partial charge in [-0.3, -0.25) is 4.79 Å². The summed E-state index contributed by atoms with van der Waals surface area (Å²) in [6.07, 6.45) is 13.5. The highest BCUT2D eigenvalue weighted by atomic mass is 16.5. The molecule has 122 valence electrons. The molecule has 0 amide bonds. The molecule has 0 unspecified atom stereocenters. The third kappa shape index (κ3) is 5.61. The molecule has 0 saturated heterocycles. The molecule has 0 aromatic rings. The van der Waals surface area contributed by atoms with E-state index in [1.54, 1.807) is 0 Å². The highest BCUT2D eigenvalue weighted by Crippen LogP contribution is 2.35. The Kier molecular flexibility index (Phi) is 7.01. The Morgan fingerprint density at radius 1 is 0.952 bits per heavy atom. The molecule has 0 atom stereocenters. The Labute approximate surface area is 129 Å². The van der Waals surface area contributed by atoms with E-state index < -0.39 is 5.97 Å². The van der Waals surface area contributed by atoms with Crippen LogP contribution in [0.3, 0.4) is 0 Å². The number of aliphatic carboxylic acids is 1. The molecule has 3 nitrogen and oxygen atoms in total. The first-order chi connectivity index (χ1) is 10.2. The number of carboxylic acids is 1. The Hall–Kier alpha value is -0.570. The summed E-state index contributed by atoms with van der Waals surface area (Å²) < 4.78 is 5.85. The summed E-state index contributed by atoms with van der Waals surface area (Å²) in [4.78, 5) is 11.0. The quantitative estimate of drug-likeness (QED) is 0.744. The van der Waals surface area contributed by atoms with Crippen molar-refractivity contribution in [2.75, 3.05) is 6.61 Å². The van der Waals surface area contributed by atoms with Crippen molar-refractivity contribution in [3.63, 3.8) is 0 Å².